The number of hydrogen-bond acceptors (Lipinski definition) is 2. The largest absolute Gasteiger partial charge is 0.359 e. The van der Waals surface area contributed by atoms with Crippen LogP contribution in [0.3, 0.4) is 0 Å². The number of thioether (sulfide) groups is 1. The van der Waals surface area contributed by atoms with Crippen LogP contribution >= 0.6 is 20.3 Å². The molecule has 0 aliphatic rings. The van der Waals surface area contributed by atoms with Gasteiger partial charge in [0.2, 0.25) is 5.91 Å². The molecule has 0 aliphatic carbocycles. The minimum Gasteiger partial charge on any atom is -0.359 e. The molecule has 0 radical (unpaired) electrons. The first-order valence-electron chi connectivity index (χ1n) is 3.14. The van der Waals surface area contributed by atoms with Gasteiger partial charge in [0.25, 0.3) is 0 Å². The Labute approximate surface area is 68.3 Å². The number of carbonyl (C=O) groups excluding carboxylic acids is 1. The molecule has 0 aromatic heterocycles. The highest BCUT2D eigenvalue weighted by molar-refractivity contribution is 7.98. The molecular formula is C6H14NOPS. The van der Waals surface area contributed by atoms with E-state index in [0.29, 0.717) is 8.58 Å². The van der Waals surface area contributed by atoms with E-state index in [1.807, 2.05) is 6.26 Å². The highest BCUT2D eigenvalue weighted by Crippen LogP contribution is 2.17. The van der Waals surface area contributed by atoms with Crippen LogP contribution in [0.15, 0.2) is 0 Å². The van der Waals surface area contributed by atoms with Crippen LogP contribution in [0.1, 0.15) is 0 Å². The first-order valence-corrected chi connectivity index (χ1v) is 6.11. The third-order valence-electron chi connectivity index (χ3n) is 1.24. The van der Waals surface area contributed by atoms with Gasteiger partial charge in [-0.05, 0) is 12.9 Å². The van der Waals surface area contributed by atoms with Crippen LogP contribution in [0.25, 0.3) is 0 Å². The molecule has 2 nitrogen and oxygen atoms in total. The fraction of sp³-hybridized carbons (Fsp3) is 0.833. The van der Waals surface area contributed by atoms with Gasteiger partial charge in [-0.15, -0.1) is 8.58 Å². The Morgan fingerprint density at radius 3 is 2.70 bits per heavy atom. The van der Waals surface area contributed by atoms with E-state index in [2.05, 4.69) is 12.0 Å². The maximum absolute atomic E-state index is 11.0. The Kier molecular flexibility index (Phi) is 6.14. The van der Waals surface area contributed by atoms with Crippen molar-refractivity contribution in [3.05, 3.63) is 0 Å². The monoisotopic (exact) mass is 179 g/mol. The summed E-state index contributed by atoms with van der Waals surface area (Å²) in [4.78, 5) is 11.0. The van der Waals surface area contributed by atoms with E-state index in [0.717, 1.165) is 5.75 Å². The Morgan fingerprint density at radius 2 is 2.40 bits per heavy atom. The fourth-order valence-corrected chi connectivity index (χ4v) is 2.69. The molecule has 0 spiro atoms. The van der Waals surface area contributed by atoms with Gasteiger partial charge in [-0.25, -0.2) is 0 Å². The minimum atomic E-state index is 0.176. The zero-order valence-electron chi connectivity index (χ0n) is 6.60. The van der Waals surface area contributed by atoms with E-state index in [-0.39, 0.29) is 11.6 Å². The lowest BCUT2D eigenvalue weighted by atomic mass is 10.4. The van der Waals surface area contributed by atoms with Crippen LogP contribution in [0.4, 0.5) is 0 Å². The molecule has 60 valence electrons. The summed E-state index contributed by atoms with van der Waals surface area (Å²) in [6, 6.07) is 0. The van der Waals surface area contributed by atoms with Gasteiger partial charge >= 0.3 is 0 Å². The van der Waals surface area contributed by atoms with Crippen molar-refractivity contribution in [1.29, 1.82) is 0 Å². The summed E-state index contributed by atoms with van der Waals surface area (Å²) in [6.45, 7) is 2.07. The second-order valence-electron chi connectivity index (χ2n) is 1.91. The first kappa shape index (κ1) is 10.2. The quantitative estimate of drug-likeness (QED) is 0.646. The second-order valence-corrected chi connectivity index (χ2v) is 4.10. The van der Waals surface area contributed by atoms with E-state index in [4.69, 9.17) is 0 Å². The normalized spacial score (nSPS) is 13.9. The van der Waals surface area contributed by atoms with Crippen LogP contribution in [-0.4, -0.2) is 37.3 Å². The lowest BCUT2D eigenvalue weighted by molar-refractivity contribution is -0.119. The van der Waals surface area contributed by atoms with Crippen LogP contribution in [0, 0.1) is 0 Å². The van der Waals surface area contributed by atoms with Gasteiger partial charge < -0.3 is 5.32 Å². The summed E-state index contributed by atoms with van der Waals surface area (Å²) < 4.78 is 0. The van der Waals surface area contributed by atoms with Gasteiger partial charge in [-0.2, -0.15) is 11.8 Å². The maximum Gasteiger partial charge on any atom is 0.227 e. The maximum atomic E-state index is 11.0. The molecular weight excluding hydrogens is 165 g/mol. The third-order valence-corrected chi connectivity index (χ3v) is 3.37. The molecule has 1 amide bonds. The summed E-state index contributed by atoms with van der Waals surface area (Å²) in [7, 11) is 2.40. The molecule has 2 unspecified atom stereocenters. The third kappa shape index (κ3) is 3.43. The van der Waals surface area contributed by atoms with Crippen molar-refractivity contribution in [2.45, 2.75) is 5.66 Å². The molecule has 10 heavy (non-hydrogen) atoms. The highest BCUT2D eigenvalue weighted by Gasteiger charge is 2.12. The number of hydrogen-bond donors (Lipinski definition) is 1. The topological polar surface area (TPSA) is 29.1 Å². The predicted molar refractivity (Wildman–Crippen MR) is 50.5 cm³/mol. The first-order chi connectivity index (χ1) is 4.76. The molecule has 0 bridgehead atoms. The summed E-state index contributed by atoms with van der Waals surface area (Å²) in [5.41, 5.74) is 0.222. The smallest absolute Gasteiger partial charge is 0.227 e. The van der Waals surface area contributed by atoms with E-state index in [1.54, 1.807) is 18.8 Å². The average Bonchev–Trinajstić information content (AvgIpc) is 1.99. The molecule has 0 fully saturated rings. The van der Waals surface area contributed by atoms with Crippen LogP contribution in [0.5, 0.6) is 0 Å². The summed E-state index contributed by atoms with van der Waals surface area (Å²) in [5.74, 6) is 1.12. The van der Waals surface area contributed by atoms with Crippen molar-refractivity contribution in [2.75, 3.05) is 25.7 Å². The van der Waals surface area contributed by atoms with Crippen molar-refractivity contribution in [1.82, 2.24) is 5.32 Å². The van der Waals surface area contributed by atoms with Gasteiger partial charge in [0.1, 0.15) is 0 Å². The van der Waals surface area contributed by atoms with Gasteiger partial charge in [0, 0.05) is 12.8 Å². The van der Waals surface area contributed by atoms with Gasteiger partial charge in [0.15, 0.2) is 0 Å². The van der Waals surface area contributed by atoms with Crippen LogP contribution in [-0.2, 0) is 4.79 Å². The van der Waals surface area contributed by atoms with Crippen LogP contribution < -0.4 is 5.32 Å². The molecule has 0 saturated heterocycles. The summed E-state index contributed by atoms with van der Waals surface area (Å²) in [6.07, 6.45) is 2.02. The Bertz CT molecular complexity index is 110. The summed E-state index contributed by atoms with van der Waals surface area (Å²) >= 11 is 1.72. The molecule has 0 saturated carbocycles. The summed E-state index contributed by atoms with van der Waals surface area (Å²) in [5, 5.41) is 2.66. The molecule has 0 rings (SSSR count). The molecule has 0 aromatic rings. The number of carbonyl (C=O) groups is 1. The van der Waals surface area contributed by atoms with E-state index < -0.39 is 0 Å². The highest BCUT2D eigenvalue weighted by atomic mass is 32.2. The van der Waals surface area contributed by atoms with Crippen LogP contribution in [0.2, 0.25) is 0 Å². The molecule has 1 N–H and O–H groups in total. The lowest BCUT2D eigenvalue weighted by Gasteiger charge is -2.10. The molecule has 4 heteroatoms. The minimum absolute atomic E-state index is 0.176. The van der Waals surface area contributed by atoms with Crippen molar-refractivity contribution in [2.24, 2.45) is 0 Å². The molecule has 0 aliphatic heterocycles. The number of nitrogens with one attached hydrogen (secondary N) is 1. The lowest BCUT2D eigenvalue weighted by Crippen LogP contribution is -2.30. The molecule has 0 aromatic carbocycles. The predicted octanol–water partition coefficient (Wildman–Crippen LogP) is 0.772. The van der Waals surface area contributed by atoms with Crippen molar-refractivity contribution >= 4 is 26.2 Å². The van der Waals surface area contributed by atoms with Crippen molar-refractivity contribution < 1.29 is 4.79 Å². The average molecular weight is 179 g/mol. The fourth-order valence-electron chi connectivity index (χ4n) is 0.631. The van der Waals surface area contributed by atoms with Crippen molar-refractivity contribution in [3.8, 4) is 0 Å². The van der Waals surface area contributed by atoms with E-state index >= 15 is 0 Å². The Hall–Kier alpha value is 0.250. The Balaban J connectivity index is 3.68. The standard InChI is InChI=1S/C6H14NOPS/c1-7-6(8)5(9-2)4-10-3/h5,9H,4H2,1-3H3,(H,7,8). The van der Waals surface area contributed by atoms with E-state index in [1.165, 1.54) is 0 Å². The van der Waals surface area contributed by atoms with Gasteiger partial charge in [0.05, 0.1) is 5.66 Å². The van der Waals surface area contributed by atoms with E-state index in [9.17, 15) is 4.79 Å². The number of rotatable bonds is 4. The zero-order chi connectivity index (χ0) is 7.98. The molecule has 2 atom stereocenters. The zero-order valence-corrected chi connectivity index (χ0v) is 8.42. The Morgan fingerprint density at radius 1 is 1.80 bits per heavy atom. The van der Waals surface area contributed by atoms with Gasteiger partial charge in [-0.1, -0.05) is 0 Å². The SMILES string of the molecule is CNC(=O)C(CSC)PC. The number of amides is 1. The molecule has 0 heterocycles. The second kappa shape index (κ2) is 5.99. The van der Waals surface area contributed by atoms with Crippen molar-refractivity contribution in [3.63, 3.8) is 0 Å². The van der Waals surface area contributed by atoms with Gasteiger partial charge in [-0.3, -0.25) is 4.79 Å².